The molecule has 5 heteroatoms. The minimum Gasteiger partial charge on any atom is -0.169 e. The molecular formula is C5H8B3I2. The summed E-state index contributed by atoms with van der Waals surface area (Å²) < 4.78 is 1.51. The summed E-state index contributed by atoms with van der Waals surface area (Å²) >= 11 is 5.05. The zero-order valence-electron chi connectivity index (χ0n) is 5.76. The fraction of sp³-hybridized carbons (Fsp3) is 0.600. The van der Waals surface area contributed by atoms with Crippen molar-refractivity contribution < 1.29 is 0 Å². The minimum atomic E-state index is 0.743. The lowest BCUT2D eigenvalue weighted by molar-refractivity contribution is 0.941. The van der Waals surface area contributed by atoms with Crippen LogP contribution in [0, 0.1) is 0 Å². The number of rotatable bonds is 1. The fourth-order valence-electron chi connectivity index (χ4n) is 1.22. The Bertz CT molecular complexity index is 130. The van der Waals surface area contributed by atoms with Gasteiger partial charge in [-0.15, -0.1) is 6.58 Å². The van der Waals surface area contributed by atoms with Gasteiger partial charge in [0.1, 0.15) is 0 Å². The van der Waals surface area contributed by atoms with Crippen LogP contribution < -0.4 is 0 Å². The highest BCUT2D eigenvalue weighted by molar-refractivity contribution is 14.2. The highest BCUT2D eigenvalue weighted by atomic mass is 127. The molecule has 51 valence electrons. The Hall–Kier alpha value is 1.39. The average Bonchev–Trinajstić information content (AvgIpc) is 1.95. The maximum atomic E-state index is 3.85. The standard InChI is InChI=1S/C5H8B3I2/c1-2-5-3-4-6-8(10)7(5)9/h2,5H,1,3-4H2. The lowest BCUT2D eigenvalue weighted by Crippen LogP contribution is -2.38. The van der Waals surface area contributed by atoms with Gasteiger partial charge in [0.2, 0.25) is 0 Å². The first kappa shape index (κ1) is 9.48. The molecular weight excluding hydrogens is 346 g/mol. The van der Waals surface area contributed by atoms with E-state index in [1.165, 1.54) is 12.7 Å². The molecule has 0 aromatic heterocycles. The van der Waals surface area contributed by atoms with Crippen LogP contribution in [0.4, 0.5) is 0 Å². The van der Waals surface area contributed by atoms with Crippen LogP contribution in [-0.2, 0) is 0 Å². The molecule has 0 amide bonds. The van der Waals surface area contributed by atoms with Crippen LogP contribution in [0.3, 0.4) is 0 Å². The van der Waals surface area contributed by atoms with E-state index < -0.39 is 0 Å². The summed E-state index contributed by atoms with van der Waals surface area (Å²) in [5, 5.41) is 0. The zero-order valence-corrected chi connectivity index (χ0v) is 10.1. The molecule has 0 bridgehead atoms. The van der Waals surface area contributed by atoms with Gasteiger partial charge in [-0.05, 0) is 5.82 Å². The summed E-state index contributed by atoms with van der Waals surface area (Å²) in [6, 6.07) is 0. The van der Waals surface area contributed by atoms with Crippen molar-refractivity contribution in [1.82, 2.24) is 0 Å². The van der Waals surface area contributed by atoms with E-state index in [-0.39, 0.29) is 0 Å². The largest absolute Gasteiger partial charge is 0.197 e. The SMILES string of the molecule is C=CC1CC[B]B(I)B1I. The third kappa shape index (κ3) is 2.19. The smallest absolute Gasteiger partial charge is 0.169 e. The highest BCUT2D eigenvalue weighted by Gasteiger charge is 2.33. The maximum absolute atomic E-state index is 3.85. The van der Waals surface area contributed by atoms with E-state index in [9.17, 15) is 0 Å². The lowest BCUT2D eigenvalue weighted by Gasteiger charge is -2.24. The Morgan fingerprint density at radius 2 is 2.30 bits per heavy atom. The van der Waals surface area contributed by atoms with Crippen molar-refractivity contribution >= 4 is 60.7 Å². The van der Waals surface area contributed by atoms with Crippen molar-refractivity contribution in [2.45, 2.75) is 18.6 Å². The summed E-state index contributed by atoms with van der Waals surface area (Å²) in [6.07, 6.45) is 4.68. The molecule has 1 heterocycles. The number of hydrogen-bond acceptors (Lipinski definition) is 0. The molecule has 1 fully saturated rings. The molecule has 0 saturated carbocycles. The molecule has 0 spiro atoms. The van der Waals surface area contributed by atoms with Crippen molar-refractivity contribution in [1.29, 1.82) is 0 Å². The van der Waals surface area contributed by atoms with Crippen LogP contribution >= 0.6 is 44.7 Å². The van der Waals surface area contributed by atoms with Crippen LogP contribution in [0.25, 0.3) is 0 Å². The van der Waals surface area contributed by atoms with Gasteiger partial charge in [0.25, 0.3) is 0 Å². The number of hydrogen-bond donors (Lipinski definition) is 0. The van der Waals surface area contributed by atoms with Crippen molar-refractivity contribution in [3.05, 3.63) is 12.7 Å². The maximum Gasteiger partial charge on any atom is 0.197 e. The molecule has 0 aliphatic carbocycles. The van der Waals surface area contributed by atoms with Gasteiger partial charge in [0.15, 0.2) is 8.81 Å². The van der Waals surface area contributed by atoms with E-state index in [1.807, 2.05) is 0 Å². The summed E-state index contributed by atoms with van der Waals surface area (Å²) in [7, 11) is 2.41. The van der Waals surface area contributed by atoms with E-state index in [1.54, 1.807) is 0 Å². The number of allylic oxidation sites excluding steroid dienone is 1. The first-order valence-corrected chi connectivity index (χ1v) is 5.99. The van der Waals surface area contributed by atoms with E-state index >= 15 is 0 Å². The Morgan fingerprint density at radius 1 is 1.60 bits per heavy atom. The van der Waals surface area contributed by atoms with Gasteiger partial charge in [-0.2, -0.15) is 44.7 Å². The first-order chi connectivity index (χ1) is 4.75. The second kappa shape index (κ2) is 4.43. The van der Waals surface area contributed by atoms with Crippen LogP contribution in [0.5, 0.6) is 0 Å². The van der Waals surface area contributed by atoms with Crippen LogP contribution in [0.2, 0.25) is 12.1 Å². The van der Waals surface area contributed by atoms with Gasteiger partial charge in [-0.25, -0.2) is 0 Å². The topological polar surface area (TPSA) is 0 Å². The zero-order chi connectivity index (χ0) is 7.56. The third-order valence-electron chi connectivity index (χ3n) is 1.91. The molecule has 1 unspecified atom stereocenters. The molecule has 1 atom stereocenters. The fourth-order valence-corrected chi connectivity index (χ4v) is 3.06. The molecule has 0 aromatic rings. The summed E-state index contributed by atoms with van der Waals surface area (Å²) in [5.74, 6) is 0.743. The Morgan fingerprint density at radius 3 is 2.80 bits per heavy atom. The van der Waals surface area contributed by atoms with Gasteiger partial charge < -0.3 is 0 Å². The summed E-state index contributed by atoms with van der Waals surface area (Å²) in [4.78, 5) is 0. The van der Waals surface area contributed by atoms with E-state index in [4.69, 9.17) is 0 Å². The molecule has 0 N–H and O–H groups in total. The minimum absolute atomic E-state index is 0.743. The van der Waals surface area contributed by atoms with E-state index in [0.717, 1.165) is 14.6 Å². The monoisotopic (exact) mass is 355 g/mol. The molecule has 1 rings (SSSR count). The highest BCUT2D eigenvalue weighted by Crippen LogP contribution is 2.31. The van der Waals surface area contributed by atoms with Crippen LogP contribution in [-0.4, -0.2) is 16.0 Å². The van der Waals surface area contributed by atoms with Gasteiger partial charge in [0, 0.05) is 0 Å². The summed E-state index contributed by atoms with van der Waals surface area (Å²) in [5.41, 5.74) is 0. The molecule has 0 aromatic carbocycles. The predicted octanol–water partition coefficient (Wildman–Crippen LogP) is 2.50. The van der Waals surface area contributed by atoms with Crippen LogP contribution in [0.15, 0.2) is 12.7 Å². The van der Waals surface area contributed by atoms with E-state index in [2.05, 4.69) is 64.6 Å². The Kier molecular flexibility index (Phi) is 4.20. The average molecular weight is 354 g/mol. The van der Waals surface area contributed by atoms with Crippen molar-refractivity contribution in [2.24, 2.45) is 0 Å². The van der Waals surface area contributed by atoms with E-state index in [0.29, 0.717) is 0 Å². The Balaban J connectivity index is 2.50. The number of halogens is 2. The predicted molar refractivity (Wildman–Crippen MR) is 68.7 cm³/mol. The second-order valence-corrected chi connectivity index (χ2v) is 5.48. The Labute approximate surface area is 91.1 Å². The molecule has 1 saturated heterocycles. The quantitative estimate of drug-likeness (QED) is 0.386. The van der Waals surface area contributed by atoms with Crippen LogP contribution in [0.1, 0.15) is 6.42 Å². The molecule has 1 radical (unpaired) electrons. The third-order valence-corrected chi connectivity index (χ3v) is 6.27. The molecule has 0 nitrogen and oxygen atoms in total. The van der Waals surface area contributed by atoms with Crippen molar-refractivity contribution in [3.63, 3.8) is 0 Å². The lowest BCUT2D eigenvalue weighted by atomic mass is 9.12. The van der Waals surface area contributed by atoms with Crippen molar-refractivity contribution in [3.8, 4) is 0 Å². The van der Waals surface area contributed by atoms with Gasteiger partial charge >= 0.3 is 0 Å². The molecule has 1 aliphatic rings. The molecule has 10 heavy (non-hydrogen) atoms. The van der Waals surface area contributed by atoms with Gasteiger partial charge in [0.05, 0.1) is 7.17 Å². The first-order valence-electron chi connectivity index (χ1n) is 3.49. The summed E-state index contributed by atoms with van der Waals surface area (Å²) in [6.45, 7) is 3.85. The van der Waals surface area contributed by atoms with Gasteiger partial charge in [-0.3, -0.25) is 0 Å². The second-order valence-electron chi connectivity index (χ2n) is 2.60. The van der Waals surface area contributed by atoms with Crippen molar-refractivity contribution in [2.75, 3.05) is 0 Å². The van der Waals surface area contributed by atoms with Gasteiger partial charge in [-0.1, -0.05) is 18.8 Å². The molecule has 1 aliphatic heterocycles. The normalized spacial score (nSPS) is 26.0.